The number of hydrogen-bond acceptors (Lipinski definition) is 1. The summed E-state index contributed by atoms with van der Waals surface area (Å²) in [5, 5.41) is 0. The Morgan fingerprint density at radius 2 is 1.83 bits per heavy atom. The molecule has 18 heavy (non-hydrogen) atoms. The Morgan fingerprint density at radius 1 is 1.22 bits per heavy atom. The number of anilines is 1. The van der Waals surface area contributed by atoms with Crippen LogP contribution in [0.5, 0.6) is 0 Å². The van der Waals surface area contributed by atoms with Crippen LogP contribution in [0.25, 0.3) is 0 Å². The molecular formula is C14H19F2NO. The van der Waals surface area contributed by atoms with Gasteiger partial charge in [-0.15, -0.1) is 0 Å². The third kappa shape index (κ3) is 3.79. The van der Waals surface area contributed by atoms with Gasteiger partial charge < -0.3 is 4.90 Å². The topological polar surface area (TPSA) is 20.3 Å². The third-order valence-corrected chi connectivity index (χ3v) is 2.51. The smallest absolute Gasteiger partial charge is 0.227 e. The highest BCUT2D eigenvalue weighted by Crippen LogP contribution is 2.24. The summed E-state index contributed by atoms with van der Waals surface area (Å²) < 4.78 is 26.0. The molecule has 0 atom stereocenters. The summed E-state index contributed by atoms with van der Waals surface area (Å²) in [6.07, 6.45) is 0.361. The van der Waals surface area contributed by atoms with E-state index < -0.39 is 11.6 Å². The first kappa shape index (κ1) is 14.6. The van der Waals surface area contributed by atoms with Crippen LogP contribution < -0.4 is 4.90 Å². The Kier molecular flexibility index (Phi) is 4.43. The molecule has 1 rings (SSSR count). The van der Waals surface area contributed by atoms with Crippen molar-refractivity contribution in [1.29, 1.82) is 0 Å². The summed E-state index contributed by atoms with van der Waals surface area (Å²) in [5.41, 5.74) is 0.258. The second kappa shape index (κ2) is 5.46. The van der Waals surface area contributed by atoms with Crippen LogP contribution >= 0.6 is 0 Å². The van der Waals surface area contributed by atoms with Crippen molar-refractivity contribution in [1.82, 2.24) is 0 Å². The van der Waals surface area contributed by atoms with E-state index in [0.29, 0.717) is 18.7 Å². The van der Waals surface area contributed by atoms with Gasteiger partial charge in [-0.2, -0.15) is 0 Å². The lowest BCUT2D eigenvalue weighted by atomic mass is 9.91. The largest absolute Gasteiger partial charge is 0.313 e. The molecule has 0 heterocycles. The fourth-order valence-corrected chi connectivity index (χ4v) is 1.70. The molecule has 0 fully saturated rings. The van der Waals surface area contributed by atoms with Crippen molar-refractivity contribution >= 4 is 11.6 Å². The summed E-state index contributed by atoms with van der Waals surface area (Å²) in [6.45, 7) is 8.12. The van der Waals surface area contributed by atoms with E-state index in [-0.39, 0.29) is 11.3 Å². The van der Waals surface area contributed by atoms with Crippen molar-refractivity contribution in [2.75, 3.05) is 11.4 Å². The quantitative estimate of drug-likeness (QED) is 0.805. The van der Waals surface area contributed by atoms with E-state index in [0.717, 1.165) is 12.1 Å². The van der Waals surface area contributed by atoms with Gasteiger partial charge in [-0.1, -0.05) is 20.8 Å². The standard InChI is InChI=1S/C14H19F2NO/c1-5-17(13(18)9-14(2,3)4)10-6-7-11(15)12(16)8-10/h6-8H,5,9H2,1-4H3. The van der Waals surface area contributed by atoms with E-state index in [1.165, 1.54) is 11.0 Å². The molecule has 2 nitrogen and oxygen atoms in total. The van der Waals surface area contributed by atoms with Crippen molar-refractivity contribution in [3.63, 3.8) is 0 Å². The van der Waals surface area contributed by atoms with Gasteiger partial charge in [-0.3, -0.25) is 4.79 Å². The summed E-state index contributed by atoms with van der Waals surface area (Å²) in [4.78, 5) is 13.6. The van der Waals surface area contributed by atoms with Crippen LogP contribution in [0.15, 0.2) is 18.2 Å². The lowest BCUT2D eigenvalue weighted by Gasteiger charge is -2.25. The van der Waals surface area contributed by atoms with Gasteiger partial charge in [0.25, 0.3) is 0 Å². The number of amides is 1. The lowest BCUT2D eigenvalue weighted by molar-refractivity contribution is -0.120. The SMILES string of the molecule is CCN(C(=O)CC(C)(C)C)c1ccc(F)c(F)c1. The van der Waals surface area contributed by atoms with Crippen molar-refractivity contribution in [3.05, 3.63) is 29.8 Å². The molecule has 100 valence electrons. The van der Waals surface area contributed by atoms with E-state index in [2.05, 4.69) is 0 Å². The van der Waals surface area contributed by atoms with E-state index in [1.807, 2.05) is 27.7 Å². The zero-order valence-electron chi connectivity index (χ0n) is 11.3. The first-order valence-electron chi connectivity index (χ1n) is 6.00. The van der Waals surface area contributed by atoms with Crippen LogP contribution in [0.2, 0.25) is 0 Å². The molecule has 0 N–H and O–H groups in total. The van der Waals surface area contributed by atoms with Crippen molar-refractivity contribution < 1.29 is 13.6 Å². The summed E-state index contributed by atoms with van der Waals surface area (Å²) >= 11 is 0. The van der Waals surface area contributed by atoms with E-state index >= 15 is 0 Å². The monoisotopic (exact) mass is 255 g/mol. The highest BCUT2D eigenvalue weighted by atomic mass is 19.2. The normalized spacial score (nSPS) is 11.4. The van der Waals surface area contributed by atoms with E-state index in [4.69, 9.17) is 0 Å². The molecule has 0 spiro atoms. The van der Waals surface area contributed by atoms with Crippen molar-refractivity contribution in [2.24, 2.45) is 5.41 Å². The Labute approximate surface area is 107 Å². The molecule has 4 heteroatoms. The van der Waals surface area contributed by atoms with Gasteiger partial charge in [0, 0.05) is 24.7 Å². The van der Waals surface area contributed by atoms with Crippen LogP contribution in [-0.4, -0.2) is 12.5 Å². The maximum atomic E-state index is 13.2. The molecule has 0 saturated carbocycles. The second-order valence-electron chi connectivity index (χ2n) is 5.47. The number of nitrogens with zero attached hydrogens (tertiary/aromatic N) is 1. The molecule has 1 amide bonds. The molecule has 0 bridgehead atoms. The minimum absolute atomic E-state index is 0.0870. The predicted octanol–water partition coefficient (Wildman–Crippen LogP) is 3.75. The van der Waals surface area contributed by atoms with Crippen molar-refractivity contribution in [3.8, 4) is 0 Å². The molecule has 0 aromatic heterocycles. The van der Waals surface area contributed by atoms with Crippen LogP contribution in [0.1, 0.15) is 34.1 Å². The summed E-state index contributed by atoms with van der Waals surface area (Å²) in [6, 6.07) is 3.51. The maximum absolute atomic E-state index is 13.2. The lowest BCUT2D eigenvalue weighted by Crippen LogP contribution is -2.33. The Morgan fingerprint density at radius 3 is 2.28 bits per heavy atom. The number of benzene rings is 1. The predicted molar refractivity (Wildman–Crippen MR) is 68.5 cm³/mol. The number of rotatable bonds is 3. The molecular weight excluding hydrogens is 236 g/mol. The highest BCUT2D eigenvalue weighted by Gasteiger charge is 2.21. The third-order valence-electron chi connectivity index (χ3n) is 2.51. The molecule has 1 aromatic carbocycles. The van der Waals surface area contributed by atoms with Crippen LogP contribution in [0.3, 0.4) is 0 Å². The number of halogens is 2. The van der Waals surface area contributed by atoms with Gasteiger partial charge in [-0.25, -0.2) is 8.78 Å². The minimum Gasteiger partial charge on any atom is -0.313 e. The fourth-order valence-electron chi connectivity index (χ4n) is 1.70. The molecule has 0 unspecified atom stereocenters. The van der Waals surface area contributed by atoms with Gasteiger partial charge in [0.15, 0.2) is 11.6 Å². The molecule has 0 radical (unpaired) electrons. The molecule has 0 saturated heterocycles. The fraction of sp³-hybridized carbons (Fsp3) is 0.500. The van der Waals surface area contributed by atoms with Gasteiger partial charge in [0.2, 0.25) is 5.91 Å². The van der Waals surface area contributed by atoms with Crippen LogP contribution in [0.4, 0.5) is 14.5 Å². The average Bonchev–Trinajstić information content (AvgIpc) is 2.21. The highest BCUT2D eigenvalue weighted by molar-refractivity contribution is 5.93. The van der Waals surface area contributed by atoms with Crippen molar-refractivity contribution in [2.45, 2.75) is 34.1 Å². The Balaban J connectivity index is 2.95. The second-order valence-corrected chi connectivity index (χ2v) is 5.47. The summed E-state index contributed by atoms with van der Waals surface area (Å²) in [7, 11) is 0. The molecule has 0 aliphatic carbocycles. The summed E-state index contributed by atoms with van der Waals surface area (Å²) in [5.74, 6) is -1.93. The van der Waals surface area contributed by atoms with E-state index in [9.17, 15) is 13.6 Å². The number of carbonyl (C=O) groups excluding carboxylic acids is 1. The van der Waals surface area contributed by atoms with Gasteiger partial charge in [0.1, 0.15) is 0 Å². The maximum Gasteiger partial charge on any atom is 0.227 e. The Hall–Kier alpha value is -1.45. The zero-order chi connectivity index (χ0) is 13.9. The first-order valence-corrected chi connectivity index (χ1v) is 6.00. The van der Waals surface area contributed by atoms with Gasteiger partial charge in [0.05, 0.1) is 0 Å². The van der Waals surface area contributed by atoms with Gasteiger partial charge in [-0.05, 0) is 24.5 Å². The average molecular weight is 255 g/mol. The zero-order valence-corrected chi connectivity index (χ0v) is 11.3. The van der Waals surface area contributed by atoms with Crippen LogP contribution in [0, 0.1) is 17.0 Å². The minimum atomic E-state index is -0.936. The van der Waals surface area contributed by atoms with E-state index in [1.54, 1.807) is 0 Å². The Bertz CT molecular complexity index is 438. The molecule has 0 aliphatic heterocycles. The van der Waals surface area contributed by atoms with Gasteiger partial charge >= 0.3 is 0 Å². The first-order chi connectivity index (χ1) is 8.24. The molecule has 0 aliphatic rings. The number of hydrogen-bond donors (Lipinski definition) is 0. The molecule has 1 aromatic rings. The number of carbonyl (C=O) groups is 1. The van der Waals surface area contributed by atoms with Crippen LogP contribution in [-0.2, 0) is 4.79 Å².